The molecule has 1 fully saturated rings. The summed E-state index contributed by atoms with van der Waals surface area (Å²) in [6.07, 6.45) is 1.17. The predicted molar refractivity (Wildman–Crippen MR) is 98.9 cm³/mol. The van der Waals surface area contributed by atoms with Gasteiger partial charge in [0.05, 0.1) is 5.75 Å². The van der Waals surface area contributed by atoms with Crippen LogP contribution in [0.5, 0.6) is 0 Å². The molecule has 5 heteroatoms. The van der Waals surface area contributed by atoms with E-state index in [9.17, 15) is 13.2 Å². The van der Waals surface area contributed by atoms with E-state index in [0.29, 0.717) is 31.5 Å². The Hall–Kier alpha value is -1.98. The van der Waals surface area contributed by atoms with E-state index in [-0.39, 0.29) is 17.5 Å². The maximum Gasteiger partial charge on any atom is 0.218 e. The number of nitrogens with zero attached hydrogens (tertiary/aromatic N) is 1. The van der Waals surface area contributed by atoms with Crippen molar-refractivity contribution in [2.45, 2.75) is 25.5 Å². The quantitative estimate of drug-likeness (QED) is 0.771. The maximum absolute atomic E-state index is 12.6. The van der Waals surface area contributed by atoms with Crippen LogP contribution in [0.3, 0.4) is 0 Å². The molecule has 0 spiro atoms. The highest BCUT2D eigenvalue weighted by atomic mass is 32.2. The van der Waals surface area contributed by atoms with Crippen LogP contribution in [0.25, 0.3) is 0 Å². The minimum Gasteiger partial charge on any atom is -0.294 e. The highest BCUT2D eigenvalue weighted by Gasteiger charge is 2.31. The number of piperidine rings is 1. The van der Waals surface area contributed by atoms with Crippen LogP contribution in [-0.2, 0) is 15.8 Å². The van der Waals surface area contributed by atoms with Crippen LogP contribution in [0.2, 0.25) is 0 Å². The summed E-state index contributed by atoms with van der Waals surface area (Å²) < 4.78 is 26.8. The molecule has 0 bridgehead atoms. The summed E-state index contributed by atoms with van der Waals surface area (Å²) in [6, 6.07) is 16.8. The van der Waals surface area contributed by atoms with E-state index in [1.54, 1.807) is 0 Å². The normalized spacial score (nSPS) is 16.7. The van der Waals surface area contributed by atoms with Crippen LogP contribution in [0.1, 0.15) is 34.3 Å². The van der Waals surface area contributed by atoms with Crippen molar-refractivity contribution in [3.63, 3.8) is 0 Å². The Balaban J connectivity index is 1.61. The zero-order valence-corrected chi connectivity index (χ0v) is 15.2. The zero-order chi connectivity index (χ0) is 17.9. The fourth-order valence-electron chi connectivity index (χ4n) is 3.22. The smallest absolute Gasteiger partial charge is 0.218 e. The molecule has 0 aromatic heterocycles. The Morgan fingerprint density at radius 1 is 1.00 bits per heavy atom. The molecule has 1 aliphatic rings. The number of carbonyl (C=O) groups excluding carboxylic acids is 1. The van der Waals surface area contributed by atoms with Gasteiger partial charge in [-0.25, -0.2) is 12.7 Å². The average Bonchev–Trinajstić information content (AvgIpc) is 2.64. The second-order valence-electron chi connectivity index (χ2n) is 6.65. The number of carbonyl (C=O) groups is 1. The lowest BCUT2D eigenvalue weighted by atomic mass is 9.90. The second-order valence-corrected chi connectivity index (χ2v) is 8.61. The van der Waals surface area contributed by atoms with E-state index in [1.165, 1.54) is 4.31 Å². The molecule has 2 aromatic rings. The summed E-state index contributed by atoms with van der Waals surface area (Å²) in [5, 5.41) is 0. The highest BCUT2D eigenvalue weighted by molar-refractivity contribution is 7.88. The van der Waals surface area contributed by atoms with Gasteiger partial charge in [0.2, 0.25) is 10.0 Å². The third-order valence-electron chi connectivity index (χ3n) is 4.75. The first-order valence-electron chi connectivity index (χ1n) is 8.58. The molecule has 0 aliphatic carbocycles. The Morgan fingerprint density at radius 3 is 2.20 bits per heavy atom. The first-order valence-corrected chi connectivity index (χ1v) is 10.2. The van der Waals surface area contributed by atoms with Gasteiger partial charge >= 0.3 is 0 Å². The third kappa shape index (κ3) is 4.35. The molecule has 0 saturated carbocycles. The number of benzene rings is 2. The van der Waals surface area contributed by atoms with Crippen molar-refractivity contribution < 1.29 is 13.2 Å². The van der Waals surface area contributed by atoms with Crippen LogP contribution >= 0.6 is 0 Å². The first kappa shape index (κ1) is 17.8. The van der Waals surface area contributed by atoms with E-state index in [1.807, 2.05) is 61.5 Å². The van der Waals surface area contributed by atoms with Gasteiger partial charge in [0, 0.05) is 24.6 Å². The van der Waals surface area contributed by atoms with E-state index in [2.05, 4.69) is 0 Å². The van der Waals surface area contributed by atoms with E-state index >= 15 is 0 Å². The number of aryl methyl sites for hydroxylation is 1. The first-order chi connectivity index (χ1) is 12.0. The summed E-state index contributed by atoms with van der Waals surface area (Å²) in [5.41, 5.74) is 2.62. The van der Waals surface area contributed by atoms with Crippen molar-refractivity contribution >= 4 is 15.8 Å². The Morgan fingerprint density at radius 2 is 1.60 bits per heavy atom. The lowest BCUT2D eigenvalue weighted by Gasteiger charge is -2.30. The molecule has 1 heterocycles. The van der Waals surface area contributed by atoms with Crippen molar-refractivity contribution in [1.82, 2.24) is 4.31 Å². The van der Waals surface area contributed by atoms with Gasteiger partial charge in [-0.1, -0.05) is 60.2 Å². The molecule has 3 rings (SSSR count). The summed E-state index contributed by atoms with van der Waals surface area (Å²) >= 11 is 0. The van der Waals surface area contributed by atoms with Crippen molar-refractivity contribution in [2.75, 3.05) is 13.1 Å². The minimum atomic E-state index is -3.34. The van der Waals surface area contributed by atoms with Crippen molar-refractivity contribution in [3.8, 4) is 0 Å². The topological polar surface area (TPSA) is 54.5 Å². The van der Waals surface area contributed by atoms with Crippen LogP contribution in [-0.4, -0.2) is 31.6 Å². The van der Waals surface area contributed by atoms with Gasteiger partial charge in [0.25, 0.3) is 0 Å². The highest BCUT2D eigenvalue weighted by Crippen LogP contribution is 2.24. The Bertz CT molecular complexity index is 821. The summed E-state index contributed by atoms with van der Waals surface area (Å²) in [6.45, 7) is 2.81. The van der Waals surface area contributed by atoms with Gasteiger partial charge < -0.3 is 0 Å². The van der Waals surface area contributed by atoms with Crippen LogP contribution in [0.4, 0.5) is 0 Å². The molecular weight excluding hydrogens is 334 g/mol. The number of hydrogen-bond donors (Lipinski definition) is 0. The molecule has 2 aromatic carbocycles. The number of ketones is 1. The van der Waals surface area contributed by atoms with Gasteiger partial charge in [0.1, 0.15) is 0 Å². The van der Waals surface area contributed by atoms with Gasteiger partial charge in [-0.2, -0.15) is 0 Å². The number of hydrogen-bond acceptors (Lipinski definition) is 3. The third-order valence-corrected chi connectivity index (χ3v) is 6.60. The van der Waals surface area contributed by atoms with Crippen molar-refractivity contribution in [1.29, 1.82) is 0 Å². The number of rotatable bonds is 5. The van der Waals surface area contributed by atoms with Crippen molar-refractivity contribution in [3.05, 3.63) is 71.3 Å². The molecule has 25 heavy (non-hydrogen) atoms. The molecular formula is C20H23NO3S. The van der Waals surface area contributed by atoms with Gasteiger partial charge in [-0.3, -0.25) is 4.79 Å². The monoisotopic (exact) mass is 357 g/mol. The predicted octanol–water partition coefficient (Wildman–Crippen LogP) is 3.42. The minimum absolute atomic E-state index is 0.0184. The van der Waals surface area contributed by atoms with Crippen molar-refractivity contribution in [2.24, 2.45) is 5.92 Å². The summed E-state index contributed by atoms with van der Waals surface area (Å²) in [4.78, 5) is 12.5. The largest absolute Gasteiger partial charge is 0.294 e. The molecule has 0 atom stereocenters. The fraction of sp³-hybridized carbons (Fsp3) is 0.350. The molecule has 4 nitrogen and oxygen atoms in total. The molecule has 0 amide bonds. The molecule has 0 N–H and O–H groups in total. The molecule has 1 saturated heterocycles. The Kier molecular flexibility index (Phi) is 5.35. The van der Waals surface area contributed by atoms with Gasteiger partial charge in [-0.15, -0.1) is 0 Å². The summed E-state index contributed by atoms with van der Waals surface area (Å²) in [7, 11) is -3.34. The van der Waals surface area contributed by atoms with Crippen LogP contribution in [0.15, 0.2) is 54.6 Å². The fourth-order valence-corrected chi connectivity index (χ4v) is 4.78. The average molecular weight is 357 g/mol. The van der Waals surface area contributed by atoms with E-state index in [4.69, 9.17) is 0 Å². The maximum atomic E-state index is 12.6. The second kappa shape index (κ2) is 7.50. The standard InChI is InChI=1S/C20H23NO3S/c1-16-7-9-17(10-8-16)15-25(23,24)21-13-11-19(12-14-21)20(22)18-5-3-2-4-6-18/h2-10,19H,11-15H2,1H3. The van der Waals surface area contributed by atoms with Gasteiger partial charge in [0.15, 0.2) is 5.78 Å². The Labute approximate surface area is 149 Å². The lowest BCUT2D eigenvalue weighted by molar-refractivity contribution is 0.0875. The number of sulfonamides is 1. The van der Waals surface area contributed by atoms with E-state index < -0.39 is 10.0 Å². The molecule has 0 radical (unpaired) electrons. The van der Waals surface area contributed by atoms with Gasteiger partial charge in [-0.05, 0) is 25.3 Å². The van der Waals surface area contributed by atoms with Crippen LogP contribution < -0.4 is 0 Å². The van der Waals surface area contributed by atoms with Crippen LogP contribution in [0, 0.1) is 12.8 Å². The lowest BCUT2D eigenvalue weighted by Crippen LogP contribution is -2.40. The van der Waals surface area contributed by atoms with E-state index in [0.717, 1.165) is 11.1 Å². The molecule has 1 aliphatic heterocycles. The molecule has 0 unspecified atom stereocenters. The molecule has 132 valence electrons. The zero-order valence-electron chi connectivity index (χ0n) is 14.4. The summed E-state index contributed by atoms with van der Waals surface area (Å²) in [5.74, 6) is 0.0503. The number of Topliss-reactive ketones (excluding diaryl/α,β-unsaturated/α-hetero) is 1. The SMILES string of the molecule is Cc1ccc(CS(=O)(=O)N2CCC(C(=O)c3ccccc3)CC2)cc1.